The molecule has 1 fully saturated rings. The molecule has 5 nitrogen and oxygen atoms in total. The van der Waals surface area contributed by atoms with Gasteiger partial charge < -0.3 is 15.0 Å². The number of anilines is 3. The van der Waals surface area contributed by atoms with Crippen molar-refractivity contribution in [1.29, 1.82) is 0 Å². The molecule has 0 radical (unpaired) electrons. The first-order chi connectivity index (χ1) is 11.3. The molecule has 0 amide bonds. The Kier molecular flexibility index (Phi) is 4.95. The largest absolute Gasteiger partial charge is 0.492 e. The molecule has 0 aliphatic carbocycles. The van der Waals surface area contributed by atoms with Gasteiger partial charge in [-0.25, -0.2) is 4.98 Å². The van der Waals surface area contributed by atoms with Crippen molar-refractivity contribution in [2.45, 2.75) is 26.7 Å². The summed E-state index contributed by atoms with van der Waals surface area (Å²) in [7, 11) is 0. The fourth-order valence-corrected chi connectivity index (χ4v) is 2.93. The van der Waals surface area contributed by atoms with Gasteiger partial charge in [0.05, 0.1) is 12.3 Å². The Morgan fingerprint density at radius 1 is 1.30 bits per heavy atom. The minimum Gasteiger partial charge on any atom is -0.492 e. The van der Waals surface area contributed by atoms with Crippen LogP contribution in [0.3, 0.4) is 0 Å². The molecule has 0 bridgehead atoms. The Balaban J connectivity index is 1.78. The second-order valence-electron chi connectivity index (χ2n) is 5.99. The van der Waals surface area contributed by atoms with Crippen molar-refractivity contribution in [2.75, 3.05) is 29.9 Å². The summed E-state index contributed by atoms with van der Waals surface area (Å²) < 4.78 is 5.65. The third kappa shape index (κ3) is 3.92. The van der Waals surface area contributed by atoms with Crippen molar-refractivity contribution >= 4 is 17.5 Å². The van der Waals surface area contributed by atoms with Crippen molar-refractivity contribution in [3.8, 4) is 5.75 Å². The van der Waals surface area contributed by atoms with Gasteiger partial charge in [-0.1, -0.05) is 19.1 Å². The minimum atomic E-state index is 0.638. The van der Waals surface area contributed by atoms with Gasteiger partial charge >= 0.3 is 0 Å². The maximum absolute atomic E-state index is 5.65. The van der Waals surface area contributed by atoms with Crippen molar-refractivity contribution in [2.24, 2.45) is 5.92 Å². The van der Waals surface area contributed by atoms with Gasteiger partial charge in [-0.3, -0.25) is 0 Å². The number of nitrogens with zero attached hydrogens (tertiary/aromatic N) is 3. The summed E-state index contributed by atoms with van der Waals surface area (Å²) >= 11 is 0. The van der Waals surface area contributed by atoms with Gasteiger partial charge in [0.1, 0.15) is 11.6 Å². The monoisotopic (exact) mass is 312 g/mol. The summed E-state index contributed by atoms with van der Waals surface area (Å²) in [5.74, 6) is 3.13. The Morgan fingerprint density at radius 2 is 2.17 bits per heavy atom. The summed E-state index contributed by atoms with van der Waals surface area (Å²) in [5, 5.41) is 3.35. The van der Waals surface area contributed by atoms with Gasteiger partial charge in [-0.15, -0.1) is 0 Å². The number of rotatable bonds is 5. The average molecular weight is 312 g/mol. The summed E-state index contributed by atoms with van der Waals surface area (Å²) in [4.78, 5) is 11.4. The molecule has 1 atom stereocenters. The second-order valence-corrected chi connectivity index (χ2v) is 5.99. The topological polar surface area (TPSA) is 50.3 Å². The maximum atomic E-state index is 5.65. The molecule has 1 aromatic heterocycles. The van der Waals surface area contributed by atoms with Gasteiger partial charge in [0.2, 0.25) is 5.95 Å². The lowest BCUT2D eigenvalue weighted by Gasteiger charge is -2.31. The normalized spacial score (nSPS) is 17.8. The van der Waals surface area contributed by atoms with Crippen molar-refractivity contribution < 1.29 is 4.74 Å². The molecule has 1 saturated heterocycles. The van der Waals surface area contributed by atoms with Gasteiger partial charge in [0, 0.05) is 19.3 Å². The van der Waals surface area contributed by atoms with Crippen LogP contribution in [0.5, 0.6) is 5.75 Å². The molecule has 122 valence electrons. The summed E-state index contributed by atoms with van der Waals surface area (Å²) in [6.45, 7) is 6.96. The molecule has 2 heterocycles. The third-order valence-electron chi connectivity index (χ3n) is 4.03. The highest BCUT2D eigenvalue weighted by atomic mass is 16.5. The minimum absolute atomic E-state index is 0.638. The van der Waals surface area contributed by atoms with E-state index in [2.05, 4.69) is 27.1 Å². The van der Waals surface area contributed by atoms with Gasteiger partial charge in [-0.05, 0) is 43.9 Å². The van der Waals surface area contributed by atoms with Crippen LogP contribution in [0.2, 0.25) is 0 Å². The lowest BCUT2D eigenvalue weighted by Crippen LogP contribution is -2.35. The molecule has 1 aliphatic rings. The van der Waals surface area contributed by atoms with Crippen LogP contribution in [0, 0.1) is 5.92 Å². The SMILES string of the molecule is CCOc1ccccc1Nc1ccnc(N2CCCC(C)C2)n1. The zero-order chi connectivity index (χ0) is 16.1. The maximum Gasteiger partial charge on any atom is 0.227 e. The fourth-order valence-electron chi connectivity index (χ4n) is 2.93. The Labute approximate surface area is 137 Å². The van der Waals surface area contributed by atoms with E-state index in [1.54, 1.807) is 0 Å². The van der Waals surface area contributed by atoms with Crippen LogP contribution >= 0.6 is 0 Å². The number of hydrogen-bond acceptors (Lipinski definition) is 5. The van der Waals surface area contributed by atoms with Gasteiger partial charge in [-0.2, -0.15) is 4.98 Å². The molecule has 1 unspecified atom stereocenters. The van der Waals surface area contributed by atoms with Crippen molar-refractivity contribution in [3.05, 3.63) is 36.5 Å². The number of ether oxygens (including phenoxy) is 1. The van der Waals surface area contributed by atoms with E-state index < -0.39 is 0 Å². The van der Waals surface area contributed by atoms with E-state index in [0.29, 0.717) is 12.5 Å². The molecular formula is C18H24N4O. The number of benzene rings is 1. The van der Waals surface area contributed by atoms with Crippen LogP contribution < -0.4 is 15.0 Å². The average Bonchev–Trinajstić information content (AvgIpc) is 2.57. The number of para-hydroxylation sites is 2. The summed E-state index contributed by atoms with van der Waals surface area (Å²) in [6, 6.07) is 9.80. The number of aromatic nitrogens is 2. The molecule has 1 N–H and O–H groups in total. The summed E-state index contributed by atoms with van der Waals surface area (Å²) in [5.41, 5.74) is 0.922. The summed E-state index contributed by atoms with van der Waals surface area (Å²) in [6.07, 6.45) is 4.30. The first-order valence-corrected chi connectivity index (χ1v) is 8.33. The van der Waals surface area contributed by atoms with E-state index in [-0.39, 0.29) is 0 Å². The number of piperidine rings is 1. The zero-order valence-corrected chi connectivity index (χ0v) is 13.8. The molecule has 1 aromatic carbocycles. The third-order valence-corrected chi connectivity index (χ3v) is 4.03. The highest BCUT2D eigenvalue weighted by Gasteiger charge is 2.18. The second kappa shape index (κ2) is 7.31. The van der Waals surface area contributed by atoms with Gasteiger partial charge in [0.25, 0.3) is 0 Å². The molecule has 5 heteroatoms. The Bertz CT molecular complexity index is 646. The van der Waals surface area contributed by atoms with E-state index >= 15 is 0 Å². The van der Waals surface area contributed by atoms with E-state index in [9.17, 15) is 0 Å². The first-order valence-electron chi connectivity index (χ1n) is 8.33. The zero-order valence-electron chi connectivity index (χ0n) is 13.8. The molecule has 23 heavy (non-hydrogen) atoms. The molecule has 3 rings (SSSR count). The molecule has 0 saturated carbocycles. The van der Waals surface area contributed by atoms with Crippen LogP contribution in [0.25, 0.3) is 0 Å². The van der Waals surface area contributed by atoms with Crippen molar-refractivity contribution in [1.82, 2.24) is 9.97 Å². The Hall–Kier alpha value is -2.30. The predicted octanol–water partition coefficient (Wildman–Crippen LogP) is 3.86. The highest BCUT2D eigenvalue weighted by Crippen LogP contribution is 2.27. The molecule has 0 spiro atoms. The van der Waals surface area contributed by atoms with Crippen LogP contribution in [0.15, 0.2) is 36.5 Å². The van der Waals surface area contributed by atoms with Crippen molar-refractivity contribution in [3.63, 3.8) is 0 Å². The molecular weight excluding hydrogens is 288 g/mol. The molecule has 2 aromatic rings. The lowest BCUT2D eigenvalue weighted by molar-refractivity contribution is 0.342. The van der Waals surface area contributed by atoms with E-state index in [1.807, 2.05) is 43.5 Å². The Morgan fingerprint density at radius 3 is 3.00 bits per heavy atom. The lowest BCUT2D eigenvalue weighted by atomic mass is 10.0. The van der Waals surface area contributed by atoms with E-state index in [0.717, 1.165) is 36.3 Å². The quantitative estimate of drug-likeness (QED) is 0.908. The molecule has 1 aliphatic heterocycles. The van der Waals surface area contributed by atoms with E-state index in [1.165, 1.54) is 12.8 Å². The number of nitrogens with one attached hydrogen (secondary N) is 1. The van der Waals surface area contributed by atoms with E-state index in [4.69, 9.17) is 4.74 Å². The predicted molar refractivity (Wildman–Crippen MR) is 93.5 cm³/mol. The van der Waals surface area contributed by atoms with Crippen LogP contribution in [-0.2, 0) is 0 Å². The number of hydrogen-bond donors (Lipinski definition) is 1. The van der Waals surface area contributed by atoms with Crippen LogP contribution in [0.4, 0.5) is 17.5 Å². The highest BCUT2D eigenvalue weighted by molar-refractivity contribution is 5.64. The first kappa shape index (κ1) is 15.6. The smallest absolute Gasteiger partial charge is 0.227 e. The van der Waals surface area contributed by atoms with Gasteiger partial charge in [0.15, 0.2) is 0 Å². The standard InChI is InChI=1S/C18H24N4O/c1-3-23-16-9-5-4-8-15(16)20-17-10-11-19-18(21-17)22-12-6-7-14(2)13-22/h4-5,8-11,14H,3,6-7,12-13H2,1-2H3,(H,19,20,21). The fraction of sp³-hybridized carbons (Fsp3) is 0.444. The van der Waals surface area contributed by atoms with Crippen LogP contribution in [0.1, 0.15) is 26.7 Å². The van der Waals surface area contributed by atoms with Crippen LogP contribution in [-0.4, -0.2) is 29.7 Å².